The van der Waals surface area contributed by atoms with E-state index < -0.39 is 0 Å². The average molecular weight is 523 g/mol. The maximum Gasteiger partial charge on any atom is 0.194 e. The van der Waals surface area contributed by atoms with Crippen LogP contribution in [0.5, 0.6) is 11.5 Å². The van der Waals surface area contributed by atoms with Crippen LogP contribution in [0.25, 0.3) is 0 Å². The van der Waals surface area contributed by atoms with Gasteiger partial charge >= 0.3 is 0 Å². The topological polar surface area (TPSA) is 55.3 Å². The van der Waals surface area contributed by atoms with Crippen molar-refractivity contribution in [1.29, 1.82) is 0 Å². The molecule has 0 unspecified atom stereocenters. The van der Waals surface area contributed by atoms with Crippen molar-refractivity contribution >= 4 is 41.7 Å². The van der Waals surface area contributed by atoms with E-state index in [0.29, 0.717) is 6.54 Å². The predicted molar refractivity (Wildman–Crippen MR) is 129 cm³/mol. The van der Waals surface area contributed by atoms with Crippen molar-refractivity contribution in [2.24, 2.45) is 4.99 Å². The summed E-state index contributed by atoms with van der Waals surface area (Å²) >= 11 is 1.91. The van der Waals surface area contributed by atoms with Crippen molar-refractivity contribution in [3.05, 3.63) is 23.8 Å². The predicted octanol–water partition coefficient (Wildman–Crippen LogP) is 3.63. The number of nitrogens with zero attached hydrogens (tertiary/aromatic N) is 2. The van der Waals surface area contributed by atoms with E-state index in [1.807, 2.05) is 30.0 Å². The maximum atomic E-state index is 5.54. The van der Waals surface area contributed by atoms with Crippen molar-refractivity contribution in [2.45, 2.75) is 31.1 Å². The van der Waals surface area contributed by atoms with Gasteiger partial charge in [0.1, 0.15) is 11.5 Å². The molecule has 2 rings (SSSR count). The smallest absolute Gasteiger partial charge is 0.194 e. The maximum absolute atomic E-state index is 5.54. The molecule has 1 N–H and O–H groups in total. The molecule has 1 aliphatic rings. The molecular formula is C20H34IN3O3S. The molecule has 0 spiro atoms. The average Bonchev–Trinajstić information content (AvgIpc) is 2.71. The summed E-state index contributed by atoms with van der Waals surface area (Å²) < 4.78 is 16.5. The molecule has 6 nitrogen and oxygen atoms in total. The number of benzene rings is 1. The highest BCUT2D eigenvalue weighted by atomic mass is 127. The lowest BCUT2D eigenvalue weighted by molar-refractivity contribution is 0.0793. The second kappa shape index (κ2) is 12.6. The Morgan fingerprint density at radius 3 is 2.57 bits per heavy atom. The lowest BCUT2D eigenvalue weighted by atomic mass is 9.99. The van der Waals surface area contributed by atoms with Crippen LogP contribution in [0.15, 0.2) is 23.2 Å². The summed E-state index contributed by atoms with van der Waals surface area (Å²) in [5.41, 5.74) is 1.09. The van der Waals surface area contributed by atoms with Gasteiger partial charge in [0.2, 0.25) is 0 Å². The Morgan fingerprint density at radius 2 is 2.00 bits per heavy atom. The van der Waals surface area contributed by atoms with Crippen LogP contribution in [0.3, 0.4) is 0 Å². The van der Waals surface area contributed by atoms with Gasteiger partial charge in [-0.2, -0.15) is 11.8 Å². The minimum atomic E-state index is 0. The molecule has 0 aromatic heterocycles. The molecule has 1 aliphatic heterocycles. The summed E-state index contributed by atoms with van der Waals surface area (Å²) in [6.07, 6.45) is 4.28. The quantitative estimate of drug-likeness (QED) is 0.319. The molecule has 0 amide bonds. The molecule has 160 valence electrons. The molecule has 0 aliphatic carbocycles. The van der Waals surface area contributed by atoms with Crippen LogP contribution in [-0.2, 0) is 11.3 Å². The molecule has 0 atom stereocenters. The van der Waals surface area contributed by atoms with Crippen LogP contribution in [0.1, 0.15) is 25.3 Å². The van der Waals surface area contributed by atoms with Crippen LogP contribution >= 0.6 is 35.7 Å². The summed E-state index contributed by atoms with van der Waals surface area (Å²) in [6, 6.07) is 5.91. The minimum Gasteiger partial charge on any atom is -0.497 e. The van der Waals surface area contributed by atoms with E-state index >= 15 is 0 Å². The normalized spacial score (nSPS) is 16.1. The van der Waals surface area contributed by atoms with Crippen molar-refractivity contribution in [3.63, 3.8) is 0 Å². The Hall–Kier alpha value is -0.870. The number of ether oxygens (including phenoxy) is 3. The molecule has 1 fully saturated rings. The second-order valence-corrected chi connectivity index (χ2v) is 7.98. The SMILES string of the molecule is CCNC(=NCC1(SC)CCOCC1)N(C)Cc1ccc(OC)cc1OC.I. The summed E-state index contributed by atoms with van der Waals surface area (Å²) in [5.74, 6) is 2.53. The number of halogens is 1. The van der Waals surface area contributed by atoms with E-state index in [2.05, 4.69) is 30.4 Å². The van der Waals surface area contributed by atoms with Crippen molar-refractivity contribution < 1.29 is 14.2 Å². The highest BCUT2D eigenvalue weighted by Gasteiger charge is 2.31. The Balaban J connectivity index is 0.00000392. The highest BCUT2D eigenvalue weighted by Crippen LogP contribution is 2.34. The molecule has 1 aromatic rings. The first-order valence-electron chi connectivity index (χ1n) is 9.40. The molecule has 0 bridgehead atoms. The van der Waals surface area contributed by atoms with E-state index in [4.69, 9.17) is 19.2 Å². The Labute approximate surface area is 190 Å². The third kappa shape index (κ3) is 6.88. The Bertz CT molecular complexity index is 625. The van der Waals surface area contributed by atoms with E-state index in [0.717, 1.165) is 62.2 Å². The number of aliphatic imine (C=N–C) groups is 1. The van der Waals surface area contributed by atoms with Gasteiger partial charge in [0.05, 0.1) is 20.8 Å². The van der Waals surface area contributed by atoms with E-state index in [-0.39, 0.29) is 28.7 Å². The van der Waals surface area contributed by atoms with Crippen molar-refractivity contribution in [1.82, 2.24) is 10.2 Å². The number of nitrogens with one attached hydrogen (secondary N) is 1. The fourth-order valence-corrected chi connectivity index (χ4v) is 3.94. The summed E-state index contributed by atoms with van der Waals surface area (Å²) in [5, 5.41) is 3.41. The zero-order chi connectivity index (χ0) is 19.7. The molecule has 0 radical (unpaired) electrons. The number of methoxy groups -OCH3 is 2. The molecule has 28 heavy (non-hydrogen) atoms. The van der Waals surface area contributed by atoms with Crippen LogP contribution in [0, 0.1) is 0 Å². The lowest BCUT2D eigenvalue weighted by Gasteiger charge is -2.34. The highest BCUT2D eigenvalue weighted by molar-refractivity contribution is 14.0. The molecule has 0 saturated carbocycles. The van der Waals surface area contributed by atoms with Crippen LogP contribution in [0.2, 0.25) is 0 Å². The monoisotopic (exact) mass is 523 g/mol. The van der Waals surface area contributed by atoms with Gasteiger partial charge in [-0.25, -0.2) is 0 Å². The first kappa shape index (κ1) is 25.2. The third-order valence-electron chi connectivity index (χ3n) is 4.95. The van der Waals surface area contributed by atoms with Crippen molar-refractivity contribution in [3.8, 4) is 11.5 Å². The van der Waals surface area contributed by atoms with Gasteiger partial charge in [0.25, 0.3) is 0 Å². The van der Waals surface area contributed by atoms with Gasteiger partial charge in [-0.3, -0.25) is 4.99 Å². The molecule has 1 aromatic carbocycles. The summed E-state index contributed by atoms with van der Waals surface area (Å²) in [7, 11) is 5.40. The molecular weight excluding hydrogens is 489 g/mol. The number of hydrogen-bond donors (Lipinski definition) is 1. The van der Waals surface area contributed by atoms with Crippen molar-refractivity contribution in [2.75, 3.05) is 53.8 Å². The van der Waals surface area contributed by atoms with Gasteiger partial charge in [0, 0.05) is 49.7 Å². The number of hydrogen-bond acceptors (Lipinski definition) is 5. The first-order chi connectivity index (χ1) is 13.1. The molecule has 1 heterocycles. The fourth-order valence-electron chi connectivity index (χ4n) is 3.17. The van der Waals surface area contributed by atoms with E-state index in [1.54, 1.807) is 14.2 Å². The minimum absolute atomic E-state index is 0. The number of rotatable bonds is 8. The lowest BCUT2D eigenvalue weighted by Crippen LogP contribution is -2.41. The van der Waals surface area contributed by atoms with E-state index in [9.17, 15) is 0 Å². The second-order valence-electron chi connectivity index (χ2n) is 6.70. The van der Waals surface area contributed by atoms with Crippen LogP contribution < -0.4 is 14.8 Å². The Kier molecular flexibility index (Phi) is 11.4. The third-order valence-corrected chi connectivity index (χ3v) is 6.36. The first-order valence-corrected chi connectivity index (χ1v) is 10.6. The Morgan fingerprint density at radius 1 is 1.29 bits per heavy atom. The van der Waals surface area contributed by atoms with Gasteiger partial charge in [-0.05, 0) is 38.2 Å². The van der Waals surface area contributed by atoms with E-state index in [1.165, 1.54) is 0 Å². The summed E-state index contributed by atoms with van der Waals surface area (Å²) in [4.78, 5) is 7.10. The van der Waals surface area contributed by atoms with Crippen LogP contribution in [-0.4, -0.2) is 69.4 Å². The van der Waals surface area contributed by atoms with Gasteiger partial charge in [-0.15, -0.1) is 24.0 Å². The number of thioether (sulfide) groups is 1. The standard InChI is InChI=1S/C20H33N3O3S.HI/c1-6-21-19(22-15-20(27-5)9-11-26-12-10-20)23(2)14-16-7-8-17(24-3)13-18(16)25-4;/h7-8,13H,6,9-12,14-15H2,1-5H3,(H,21,22);1H. The zero-order valence-corrected chi connectivity index (χ0v) is 20.8. The molecule has 8 heteroatoms. The molecule has 1 saturated heterocycles. The van der Waals surface area contributed by atoms with Crippen LogP contribution in [0.4, 0.5) is 0 Å². The van der Waals surface area contributed by atoms with Gasteiger partial charge in [-0.1, -0.05) is 0 Å². The van der Waals surface area contributed by atoms with Gasteiger partial charge in [0.15, 0.2) is 5.96 Å². The van der Waals surface area contributed by atoms with Gasteiger partial charge < -0.3 is 24.4 Å². The number of guanidine groups is 1. The zero-order valence-electron chi connectivity index (χ0n) is 17.6. The largest absolute Gasteiger partial charge is 0.497 e. The fraction of sp³-hybridized carbons (Fsp3) is 0.650. The summed E-state index contributed by atoms with van der Waals surface area (Å²) in [6.45, 7) is 6.07.